The Bertz CT molecular complexity index is 1330. The summed E-state index contributed by atoms with van der Waals surface area (Å²) in [6, 6.07) is 28.6. The average molecular weight is 491 g/mol. The van der Waals surface area contributed by atoms with Gasteiger partial charge in [-0.05, 0) is 89.4 Å². The molecule has 0 saturated heterocycles. The number of aromatic hydroxyl groups is 2. The molecule has 0 aromatic heterocycles. The first-order chi connectivity index (χ1) is 17.9. The van der Waals surface area contributed by atoms with Crippen LogP contribution in [0.2, 0.25) is 0 Å². The van der Waals surface area contributed by atoms with E-state index in [9.17, 15) is 19.8 Å². The fourth-order valence-electron chi connectivity index (χ4n) is 3.62. The average Bonchev–Trinajstić information content (AvgIpc) is 2.89. The minimum atomic E-state index is -0.259. The zero-order valence-electron chi connectivity index (χ0n) is 20.0. The fourth-order valence-corrected chi connectivity index (χ4v) is 3.62. The van der Waals surface area contributed by atoms with Crippen LogP contribution in [-0.4, -0.2) is 22.0 Å². The van der Waals surface area contributed by atoms with Gasteiger partial charge >= 0.3 is 0 Å². The van der Waals surface area contributed by atoms with Crippen molar-refractivity contribution in [1.82, 2.24) is 0 Å². The summed E-state index contributed by atoms with van der Waals surface area (Å²) in [5.41, 5.74) is 5.01. The predicted molar refractivity (Wildman–Crippen MR) is 147 cm³/mol. The van der Waals surface area contributed by atoms with Gasteiger partial charge in [0.25, 0.3) is 0 Å². The molecule has 37 heavy (non-hydrogen) atoms. The molecule has 4 rings (SSSR count). The SMILES string of the molecule is O=C(C=Cc1cccc(O)c1)Nc1ccc(Cc2ccc(NC(=O)C=Cc3cccc(O)c3)cc2)cc1. The van der Waals surface area contributed by atoms with Crippen molar-refractivity contribution >= 4 is 35.3 Å². The van der Waals surface area contributed by atoms with Gasteiger partial charge in [0.15, 0.2) is 0 Å². The first-order valence-electron chi connectivity index (χ1n) is 11.7. The van der Waals surface area contributed by atoms with Gasteiger partial charge in [0.1, 0.15) is 11.5 Å². The molecular weight excluding hydrogens is 464 g/mol. The quantitative estimate of drug-likeness (QED) is 0.228. The Balaban J connectivity index is 1.27. The minimum Gasteiger partial charge on any atom is -0.508 e. The Morgan fingerprint density at radius 3 is 1.38 bits per heavy atom. The Morgan fingerprint density at radius 1 is 0.595 bits per heavy atom. The highest BCUT2D eigenvalue weighted by atomic mass is 16.3. The molecule has 0 fully saturated rings. The number of carbonyl (C=O) groups excluding carboxylic acids is 2. The highest BCUT2D eigenvalue weighted by molar-refractivity contribution is 6.02. The Morgan fingerprint density at radius 2 is 1.00 bits per heavy atom. The Kier molecular flexibility index (Phi) is 8.14. The molecule has 2 amide bonds. The number of phenolic OH excluding ortho intramolecular Hbond substituents is 2. The molecule has 6 nitrogen and oxygen atoms in total. The van der Waals surface area contributed by atoms with Crippen LogP contribution in [0.25, 0.3) is 12.2 Å². The molecule has 0 aliphatic rings. The molecule has 0 heterocycles. The maximum Gasteiger partial charge on any atom is 0.248 e. The van der Waals surface area contributed by atoms with Gasteiger partial charge in [-0.2, -0.15) is 0 Å². The molecule has 6 heteroatoms. The molecule has 0 spiro atoms. The predicted octanol–water partition coefficient (Wildman–Crippen LogP) is 5.99. The lowest BCUT2D eigenvalue weighted by Gasteiger charge is -2.07. The van der Waals surface area contributed by atoms with Gasteiger partial charge in [-0.3, -0.25) is 9.59 Å². The number of anilines is 2. The molecule has 0 radical (unpaired) electrons. The van der Waals surface area contributed by atoms with Crippen LogP contribution in [0.1, 0.15) is 22.3 Å². The zero-order valence-corrected chi connectivity index (χ0v) is 20.0. The largest absolute Gasteiger partial charge is 0.508 e. The first-order valence-corrected chi connectivity index (χ1v) is 11.7. The van der Waals surface area contributed by atoms with E-state index < -0.39 is 0 Å². The third-order valence-corrected chi connectivity index (χ3v) is 5.45. The molecule has 4 aromatic rings. The third-order valence-electron chi connectivity index (χ3n) is 5.45. The van der Waals surface area contributed by atoms with Crippen molar-refractivity contribution in [3.8, 4) is 11.5 Å². The van der Waals surface area contributed by atoms with Gasteiger partial charge in [-0.25, -0.2) is 0 Å². The Hall–Kier alpha value is -5.10. The third kappa shape index (κ3) is 7.97. The smallest absolute Gasteiger partial charge is 0.248 e. The van der Waals surface area contributed by atoms with Crippen LogP contribution in [-0.2, 0) is 16.0 Å². The maximum atomic E-state index is 12.2. The van der Waals surface area contributed by atoms with Crippen molar-refractivity contribution in [1.29, 1.82) is 0 Å². The molecule has 0 unspecified atom stereocenters. The summed E-state index contributed by atoms with van der Waals surface area (Å²) in [5.74, 6) is -0.219. The number of amides is 2. The normalized spacial score (nSPS) is 11.0. The second kappa shape index (κ2) is 12.0. The van der Waals surface area contributed by atoms with Gasteiger partial charge in [-0.15, -0.1) is 0 Å². The molecule has 4 aromatic carbocycles. The fraction of sp³-hybridized carbons (Fsp3) is 0.0323. The number of nitrogens with one attached hydrogen (secondary N) is 2. The van der Waals surface area contributed by atoms with Gasteiger partial charge in [0.05, 0.1) is 0 Å². The monoisotopic (exact) mass is 490 g/mol. The number of hydrogen-bond donors (Lipinski definition) is 4. The van der Waals surface area contributed by atoms with Crippen molar-refractivity contribution in [3.63, 3.8) is 0 Å². The number of carbonyl (C=O) groups is 2. The summed E-state index contributed by atoms with van der Waals surface area (Å²) in [5, 5.41) is 24.6. The number of hydrogen-bond acceptors (Lipinski definition) is 4. The molecule has 0 bridgehead atoms. The summed E-state index contributed by atoms with van der Waals surface area (Å²) in [6.07, 6.45) is 6.83. The lowest BCUT2D eigenvalue weighted by atomic mass is 10.0. The molecule has 184 valence electrons. The van der Waals surface area contributed by atoms with Crippen LogP contribution in [0.3, 0.4) is 0 Å². The molecule has 0 saturated carbocycles. The van der Waals surface area contributed by atoms with Crippen LogP contribution in [0.15, 0.2) is 109 Å². The van der Waals surface area contributed by atoms with Gasteiger partial charge in [-0.1, -0.05) is 48.5 Å². The standard InChI is InChI=1S/C31H26N2O4/c34-28-5-1-3-22(20-28)11-17-30(36)32-26-13-7-24(8-14-26)19-25-9-15-27(16-10-25)33-31(37)18-12-23-4-2-6-29(35)21-23/h1-18,20-21,34-35H,19H2,(H,32,36)(H,33,37). The molecule has 4 N–H and O–H groups in total. The summed E-state index contributed by atoms with van der Waals surface area (Å²) < 4.78 is 0. The van der Waals surface area contributed by atoms with Gasteiger partial charge in [0, 0.05) is 23.5 Å². The van der Waals surface area contributed by atoms with Crippen LogP contribution in [0.5, 0.6) is 11.5 Å². The molecule has 0 atom stereocenters. The summed E-state index contributed by atoms with van der Waals surface area (Å²) >= 11 is 0. The second-order valence-corrected chi connectivity index (χ2v) is 8.41. The molecule has 0 aliphatic carbocycles. The van der Waals surface area contributed by atoms with E-state index in [-0.39, 0.29) is 23.3 Å². The van der Waals surface area contributed by atoms with Crippen LogP contribution in [0, 0.1) is 0 Å². The zero-order chi connectivity index (χ0) is 26.0. The maximum absolute atomic E-state index is 12.2. The van der Waals surface area contributed by atoms with Crippen molar-refractivity contribution in [2.24, 2.45) is 0 Å². The van der Waals surface area contributed by atoms with E-state index in [0.29, 0.717) is 17.8 Å². The highest BCUT2D eigenvalue weighted by Gasteiger charge is 2.03. The minimum absolute atomic E-state index is 0.149. The van der Waals surface area contributed by atoms with E-state index in [0.717, 1.165) is 22.3 Å². The topological polar surface area (TPSA) is 98.7 Å². The van der Waals surface area contributed by atoms with E-state index >= 15 is 0 Å². The first kappa shape index (κ1) is 25.0. The summed E-state index contributed by atoms with van der Waals surface area (Å²) in [6.45, 7) is 0. The second-order valence-electron chi connectivity index (χ2n) is 8.41. The van der Waals surface area contributed by atoms with Crippen LogP contribution >= 0.6 is 0 Å². The van der Waals surface area contributed by atoms with Crippen molar-refractivity contribution in [2.75, 3.05) is 10.6 Å². The number of phenols is 2. The van der Waals surface area contributed by atoms with E-state index in [1.165, 1.54) is 12.2 Å². The number of rotatable bonds is 8. The van der Waals surface area contributed by atoms with Crippen LogP contribution in [0.4, 0.5) is 11.4 Å². The van der Waals surface area contributed by atoms with E-state index in [4.69, 9.17) is 0 Å². The lowest BCUT2D eigenvalue weighted by molar-refractivity contribution is -0.112. The molecule has 0 aliphatic heterocycles. The number of benzene rings is 4. The van der Waals surface area contributed by atoms with E-state index in [1.807, 2.05) is 48.5 Å². The van der Waals surface area contributed by atoms with Crippen molar-refractivity contribution < 1.29 is 19.8 Å². The van der Waals surface area contributed by atoms with Crippen molar-refractivity contribution in [2.45, 2.75) is 6.42 Å². The van der Waals surface area contributed by atoms with Crippen LogP contribution < -0.4 is 10.6 Å². The Labute approximate surface area is 215 Å². The summed E-state index contributed by atoms with van der Waals surface area (Å²) in [4.78, 5) is 24.4. The van der Waals surface area contributed by atoms with E-state index in [2.05, 4.69) is 10.6 Å². The van der Waals surface area contributed by atoms with Gasteiger partial charge < -0.3 is 20.8 Å². The lowest BCUT2D eigenvalue weighted by Crippen LogP contribution is -2.08. The molecular formula is C31H26N2O4. The summed E-state index contributed by atoms with van der Waals surface area (Å²) in [7, 11) is 0. The van der Waals surface area contributed by atoms with Gasteiger partial charge in [0.2, 0.25) is 11.8 Å². The van der Waals surface area contributed by atoms with Crippen molar-refractivity contribution in [3.05, 3.63) is 131 Å². The highest BCUT2D eigenvalue weighted by Crippen LogP contribution is 2.17. The van der Waals surface area contributed by atoms with E-state index in [1.54, 1.807) is 60.7 Å².